The van der Waals surface area contributed by atoms with Crippen LogP contribution in [0.4, 0.5) is 0 Å². The number of hydrogen-bond donors (Lipinski definition) is 1. The van der Waals surface area contributed by atoms with Crippen LogP contribution in [0.5, 0.6) is 0 Å². The van der Waals surface area contributed by atoms with Crippen molar-refractivity contribution in [3.05, 3.63) is 36.1 Å². The lowest BCUT2D eigenvalue weighted by Crippen LogP contribution is -2.46. The lowest BCUT2D eigenvalue weighted by Gasteiger charge is -2.28. The Bertz CT molecular complexity index is 587. The van der Waals surface area contributed by atoms with Crippen molar-refractivity contribution in [1.82, 2.24) is 4.90 Å². The fraction of sp³-hybridized carbons (Fsp3) is 0.471. The van der Waals surface area contributed by atoms with E-state index in [-0.39, 0.29) is 17.9 Å². The van der Waals surface area contributed by atoms with Crippen molar-refractivity contribution in [3.63, 3.8) is 0 Å². The lowest BCUT2D eigenvalue weighted by molar-refractivity contribution is -0.134. The van der Waals surface area contributed by atoms with Crippen LogP contribution < -0.4 is 5.73 Å². The predicted molar refractivity (Wildman–Crippen MR) is 84.8 cm³/mol. The molecule has 21 heavy (non-hydrogen) atoms. The Hall–Kier alpha value is -1.81. The number of para-hydroxylation sites is 1. The molecule has 1 aromatic heterocycles. The van der Waals surface area contributed by atoms with E-state index in [1.807, 2.05) is 51.1 Å². The van der Waals surface area contributed by atoms with Crippen molar-refractivity contribution in [3.8, 4) is 0 Å². The summed E-state index contributed by atoms with van der Waals surface area (Å²) < 4.78 is 5.83. The van der Waals surface area contributed by atoms with Gasteiger partial charge in [-0.15, -0.1) is 0 Å². The first-order valence-electron chi connectivity index (χ1n) is 7.46. The van der Waals surface area contributed by atoms with Gasteiger partial charge in [-0.2, -0.15) is 0 Å². The maximum atomic E-state index is 12.4. The Kier molecular flexibility index (Phi) is 4.68. The van der Waals surface area contributed by atoms with Crippen LogP contribution in [0.15, 0.2) is 34.7 Å². The number of carbonyl (C=O) groups is 1. The number of likely N-dealkylation sites (N-methyl/N-ethyl adjacent to an activating group) is 1. The Morgan fingerprint density at radius 1 is 1.33 bits per heavy atom. The van der Waals surface area contributed by atoms with E-state index in [2.05, 4.69) is 0 Å². The Labute approximate surface area is 125 Å². The summed E-state index contributed by atoms with van der Waals surface area (Å²) >= 11 is 0. The molecule has 0 fully saturated rings. The van der Waals surface area contributed by atoms with Crippen molar-refractivity contribution in [1.29, 1.82) is 0 Å². The number of carbonyl (C=O) groups excluding carboxylic acids is 1. The average molecular weight is 288 g/mol. The zero-order valence-corrected chi connectivity index (χ0v) is 13.2. The first-order chi connectivity index (χ1) is 9.95. The molecule has 2 rings (SSSR count). The minimum Gasteiger partial charge on any atom is -0.459 e. The van der Waals surface area contributed by atoms with Crippen LogP contribution in [0.1, 0.15) is 39.0 Å². The zero-order chi connectivity index (χ0) is 15.6. The quantitative estimate of drug-likeness (QED) is 0.918. The number of benzene rings is 1. The van der Waals surface area contributed by atoms with Gasteiger partial charge in [-0.3, -0.25) is 4.79 Å². The largest absolute Gasteiger partial charge is 0.459 e. The first-order valence-corrected chi connectivity index (χ1v) is 7.46. The molecule has 3 unspecified atom stereocenters. The lowest BCUT2D eigenvalue weighted by atomic mass is 9.98. The molecule has 0 aliphatic carbocycles. The van der Waals surface area contributed by atoms with Crippen LogP contribution in [0.2, 0.25) is 0 Å². The number of rotatable bonds is 5. The van der Waals surface area contributed by atoms with E-state index in [1.165, 1.54) is 0 Å². The van der Waals surface area contributed by atoms with Crippen molar-refractivity contribution < 1.29 is 9.21 Å². The predicted octanol–water partition coefficient (Wildman–Crippen LogP) is 3.33. The van der Waals surface area contributed by atoms with Gasteiger partial charge in [0, 0.05) is 12.4 Å². The minimum absolute atomic E-state index is 0.0442. The minimum atomic E-state index is -0.466. The summed E-state index contributed by atoms with van der Waals surface area (Å²) in [6, 6.07) is 9.22. The molecule has 1 amide bonds. The highest BCUT2D eigenvalue weighted by Gasteiger charge is 2.27. The van der Waals surface area contributed by atoms with Gasteiger partial charge in [-0.1, -0.05) is 38.5 Å². The Balaban J connectivity index is 2.18. The van der Waals surface area contributed by atoms with E-state index in [9.17, 15) is 4.79 Å². The molecule has 0 radical (unpaired) electrons. The molecule has 4 heteroatoms. The second-order valence-electron chi connectivity index (χ2n) is 5.72. The highest BCUT2D eigenvalue weighted by molar-refractivity contribution is 5.82. The monoisotopic (exact) mass is 288 g/mol. The Morgan fingerprint density at radius 3 is 2.62 bits per heavy atom. The van der Waals surface area contributed by atoms with E-state index < -0.39 is 6.04 Å². The van der Waals surface area contributed by atoms with Crippen LogP contribution in [-0.2, 0) is 4.79 Å². The van der Waals surface area contributed by atoms with Gasteiger partial charge in [0.05, 0.1) is 12.1 Å². The number of nitrogens with zero attached hydrogens (tertiary/aromatic N) is 1. The summed E-state index contributed by atoms with van der Waals surface area (Å²) in [5.74, 6) is 0.906. The second-order valence-corrected chi connectivity index (χ2v) is 5.72. The van der Waals surface area contributed by atoms with Crippen LogP contribution in [0.25, 0.3) is 11.0 Å². The normalized spacial score (nSPS) is 15.7. The second kappa shape index (κ2) is 6.31. The average Bonchev–Trinajstić information content (AvgIpc) is 2.95. The number of fused-ring (bicyclic) bond motifs is 1. The summed E-state index contributed by atoms with van der Waals surface area (Å²) in [5, 5.41) is 1.05. The van der Waals surface area contributed by atoms with E-state index in [0.29, 0.717) is 0 Å². The van der Waals surface area contributed by atoms with E-state index in [1.54, 1.807) is 11.9 Å². The van der Waals surface area contributed by atoms with E-state index >= 15 is 0 Å². The van der Waals surface area contributed by atoms with Crippen LogP contribution in [0.3, 0.4) is 0 Å². The van der Waals surface area contributed by atoms with Gasteiger partial charge in [0.15, 0.2) is 0 Å². The number of nitrogens with two attached hydrogens (primary N) is 1. The molecule has 0 aliphatic rings. The fourth-order valence-corrected chi connectivity index (χ4v) is 2.32. The molecule has 2 N–H and O–H groups in total. The summed E-state index contributed by atoms with van der Waals surface area (Å²) in [7, 11) is 1.78. The topological polar surface area (TPSA) is 59.5 Å². The van der Waals surface area contributed by atoms with E-state index in [0.717, 1.165) is 23.2 Å². The molecule has 3 atom stereocenters. The third-order valence-corrected chi connectivity index (χ3v) is 4.33. The molecule has 0 aliphatic heterocycles. The third kappa shape index (κ3) is 3.10. The Morgan fingerprint density at radius 2 is 2.00 bits per heavy atom. The molecular formula is C17H24N2O2. The number of hydrogen-bond acceptors (Lipinski definition) is 3. The third-order valence-electron chi connectivity index (χ3n) is 4.33. The molecule has 4 nitrogen and oxygen atoms in total. The van der Waals surface area contributed by atoms with Gasteiger partial charge in [-0.05, 0) is 25.0 Å². The molecule has 2 aromatic rings. The van der Waals surface area contributed by atoms with Crippen LogP contribution >= 0.6 is 0 Å². The number of amides is 1. The smallest absolute Gasteiger partial charge is 0.240 e. The van der Waals surface area contributed by atoms with E-state index in [4.69, 9.17) is 10.2 Å². The molecule has 1 aromatic carbocycles. The summed E-state index contributed by atoms with van der Waals surface area (Å²) in [6.07, 6.45) is 0.889. The molecule has 1 heterocycles. The summed E-state index contributed by atoms with van der Waals surface area (Å²) in [6.45, 7) is 6.00. The summed E-state index contributed by atoms with van der Waals surface area (Å²) in [4.78, 5) is 14.1. The number of furan rings is 1. The molecule has 0 bridgehead atoms. The highest BCUT2D eigenvalue weighted by Crippen LogP contribution is 2.27. The zero-order valence-electron chi connectivity index (χ0n) is 13.2. The summed E-state index contributed by atoms with van der Waals surface area (Å²) in [5.41, 5.74) is 6.88. The molecule has 0 saturated heterocycles. The van der Waals surface area contributed by atoms with Crippen molar-refractivity contribution in [2.24, 2.45) is 11.7 Å². The van der Waals surface area contributed by atoms with Gasteiger partial charge >= 0.3 is 0 Å². The fourth-order valence-electron chi connectivity index (χ4n) is 2.32. The van der Waals surface area contributed by atoms with Crippen molar-refractivity contribution >= 4 is 16.9 Å². The SMILES string of the molecule is CCC(C)C(N)C(=O)N(C)C(C)c1cc2ccccc2o1. The molecule has 0 spiro atoms. The van der Waals surface area contributed by atoms with Crippen LogP contribution in [-0.4, -0.2) is 23.9 Å². The van der Waals surface area contributed by atoms with Gasteiger partial charge in [-0.25, -0.2) is 0 Å². The maximum absolute atomic E-state index is 12.4. The van der Waals surface area contributed by atoms with Gasteiger partial charge < -0.3 is 15.1 Å². The van der Waals surface area contributed by atoms with Crippen LogP contribution in [0, 0.1) is 5.92 Å². The first kappa shape index (κ1) is 15.6. The molecular weight excluding hydrogens is 264 g/mol. The molecule has 0 saturated carbocycles. The molecule has 114 valence electrons. The van der Waals surface area contributed by atoms with Gasteiger partial charge in [0.25, 0.3) is 0 Å². The van der Waals surface area contributed by atoms with Crippen molar-refractivity contribution in [2.45, 2.75) is 39.3 Å². The highest BCUT2D eigenvalue weighted by atomic mass is 16.3. The van der Waals surface area contributed by atoms with Crippen molar-refractivity contribution in [2.75, 3.05) is 7.05 Å². The van der Waals surface area contributed by atoms with Gasteiger partial charge in [0.2, 0.25) is 5.91 Å². The van der Waals surface area contributed by atoms with Gasteiger partial charge in [0.1, 0.15) is 11.3 Å². The standard InChI is InChI=1S/C17H24N2O2/c1-5-11(2)16(18)17(20)19(4)12(3)15-10-13-8-6-7-9-14(13)21-15/h6-12,16H,5,18H2,1-4H3. The maximum Gasteiger partial charge on any atom is 0.240 e.